The molecule has 0 heterocycles. The van der Waals surface area contributed by atoms with E-state index in [2.05, 4.69) is 5.32 Å². The smallest absolute Gasteiger partial charge is 0.266 e. The molecule has 0 saturated carbocycles. The van der Waals surface area contributed by atoms with Gasteiger partial charge in [0.15, 0.2) is 0 Å². The zero-order valence-corrected chi connectivity index (χ0v) is 18.9. The third kappa shape index (κ3) is 5.69. The van der Waals surface area contributed by atoms with Gasteiger partial charge < -0.3 is 14.8 Å². The van der Waals surface area contributed by atoms with Gasteiger partial charge in [0.2, 0.25) is 0 Å². The van der Waals surface area contributed by atoms with Crippen LogP contribution in [0.3, 0.4) is 0 Å². The zero-order valence-electron chi connectivity index (χ0n) is 18.1. The monoisotopic (exact) mass is 446 g/mol. The summed E-state index contributed by atoms with van der Waals surface area (Å²) in [6, 6.07) is 20.2. The number of carbonyl (C=O) groups excluding carboxylic acids is 1. The molecule has 0 aromatic heterocycles. The molecule has 0 atom stereocenters. The third-order valence-electron chi connectivity index (χ3n) is 5.02. The maximum Gasteiger partial charge on any atom is 0.266 e. The number of nitriles is 1. The van der Waals surface area contributed by atoms with E-state index in [4.69, 9.17) is 21.1 Å². The molecule has 0 aliphatic carbocycles. The average Bonchev–Trinajstić information content (AvgIpc) is 2.79. The minimum atomic E-state index is -0.488. The molecule has 3 rings (SSSR count). The van der Waals surface area contributed by atoms with Crippen molar-refractivity contribution in [3.8, 4) is 17.6 Å². The summed E-state index contributed by atoms with van der Waals surface area (Å²) in [5, 5.41) is 13.1. The number of ether oxygens (including phenoxy) is 2. The summed E-state index contributed by atoms with van der Waals surface area (Å²) in [5.74, 6) is 0.594. The molecule has 162 valence electrons. The number of hydrogen-bond donors (Lipinski definition) is 1. The predicted molar refractivity (Wildman–Crippen MR) is 127 cm³/mol. The second-order valence-corrected chi connectivity index (χ2v) is 7.63. The molecule has 1 N–H and O–H groups in total. The van der Waals surface area contributed by atoms with E-state index in [0.717, 1.165) is 16.7 Å². The Bertz CT molecular complexity index is 1210. The largest absolute Gasteiger partial charge is 0.497 e. The lowest BCUT2D eigenvalue weighted by Gasteiger charge is -2.12. The molecule has 0 bridgehead atoms. The molecule has 0 unspecified atom stereocenters. The van der Waals surface area contributed by atoms with Crippen LogP contribution in [-0.4, -0.2) is 13.0 Å². The lowest BCUT2D eigenvalue weighted by molar-refractivity contribution is -0.112. The lowest BCUT2D eigenvalue weighted by Crippen LogP contribution is -2.14. The van der Waals surface area contributed by atoms with Crippen LogP contribution in [0.4, 0.5) is 5.69 Å². The standard InChI is InChI=1S/C26H23ClN2O3/c1-17-6-4-9-24(18(17)2)29-26(30)21(15-28)13-20-10-11-23(31-3)14-25(20)32-16-19-7-5-8-22(27)12-19/h4-14H,16H2,1-3H3,(H,29,30)/b21-13+. The number of aryl methyl sites for hydroxylation is 1. The molecule has 0 fully saturated rings. The van der Waals surface area contributed by atoms with Crippen LogP contribution in [-0.2, 0) is 11.4 Å². The molecular formula is C26H23ClN2O3. The summed E-state index contributed by atoms with van der Waals surface area (Å²) < 4.78 is 11.3. The molecule has 3 aromatic carbocycles. The second kappa shape index (κ2) is 10.5. The van der Waals surface area contributed by atoms with E-state index in [1.54, 1.807) is 31.4 Å². The van der Waals surface area contributed by atoms with E-state index >= 15 is 0 Å². The number of nitrogens with zero attached hydrogens (tertiary/aromatic N) is 1. The topological polar surface area (TPSA) is 71.3 Å². The highest BCUT2D eigenvalue weighted by molar-refractivity contribution is 6.30. The Morgan fingerprint density at radius 2 is 1.91 bits per heavy atom. The van der Waals surface area contributed by atoms with Crippen LogP contribution in [0.25, 0.3) is 6.08 Å². The van der Waals surface area contributed by atoms with Crippen molar-refractivity contribution < 1.29 is 14.3 Å². The third-order valence-corrected chi connectivity index (χ3v) is 5.26. The predicted octanol–water partition coefficient (Wildman–Crippen LogP) is 6.09. The Balaban J connectivity index is 1.88. The lowest BCUT2D eigenvalue weighted by atomic mass is 10.1. The first kappa shape index (κ1) is 22.9. The molecule has 5 nitrogen and oxygen atoms in total. The Kier molecular flexibility index (Phi) is 7.54. The Hall–Kier alpha value is -3.75. The van der Waals surface area contributed by atoms with Gasteiger partial charge in [-0.1, -0.05) is 35.9 Å². The average molecular weight is 447 g/mol. The maximum atomic E-state index is 12.8. The minimum Gasteiger partial charge on any atom is -0.497 e. The quantitative estimate of drug-likeness (QED) is 0.352. The highest BCUT2D eigenvalue weighted by Crippen LogP contribution is 2.28. The minimum absolute atomic E-state index is 0.0383. The number of methoxy groups -OCH3 is 1. The zero-order chi connectivity index (χ0) is 23.1. The van der Waals surface area contributed by atoms with Gasteiger partial charge >= 0.3 is 0 Å². The van der Waals surface area contributed by atoms with Crippen molar-refractivity contribution in [2.24, 2.45) is 0 Å². The molecule has 32 heavy (non-hydrogen) atoms. The van der Waals surface area contributed by atoms with Crippen molar-refractivity contribution in [1.82, 2.24) is 0 Å². The van der Waals surface area contributed by atoms with Crippen LogP contribution < -0.4 is 14.8 Å². The van der Waals surface area contributed by atoms with Gasteiger partial charge in [-0.25, -0.2) is 0 Å². The fraction of sp³-hybridized carbons (Fsp3) is 0.154. The van der Waals surface area contributed by atoms with E-state index in [9.17, 15) is 10.1 Å². The summed E-state index contributed by atoms with van der Waals surface area (Å²) in [6.07, 6.45) is 1.51. The first-order valence-electron chi connectivity index (χ1n) is 9.96. The summed E-state index contributed by atoms with van der Waals surface area (Å²) in [7, 11) is 1.56. The van der Waals surface area contributed by atoms with Crippen molar-refractivity contribution in [1.29, 1.82) is 5.26 Å². The van der Waals surface area contributed by atoms with Crippen molar-refractivity contribution in [2.75, 3.05) is 12.4 Å². The Morgan fingerprint density at radius 1 is 1.12 bits per heavy atom. The highest BCUT2D eigenvalue weighted by atomic mass is 35.5. The molecule has 0 spiro atoms. The van der Waals surface area contributed by atoms with Gasteiger partial charge in [0.05, 0.1) is 7.11 Å². The van der Waals surface area contributed by atoms with Crippen LogP contribution in [0, 0.1) is 25.2 Å². The van der Waals surface area contributed by atoms with Gasteiger partial charge in [-0.15, -0.1) is 0 Å². The van der Waals surface area contributed by atoms with E-state index in [1.165, 1.54) is 6.08 Å². The summed E-state index contributed by atoms with van der Waals surface area (Å²) in [5.41, 5.74) is 4.11. The number of anilines is 1. The number of rotatable bonds is 7. The summed E-state index contributed by atoms with van der Waals surface area (Å²) in [4.78, 5) is 12.8. The maximum absolute atomic E-state index is 12.8. The normalized spacial score (nSPS) is 10.9. The first-order valence-corrected chi connectivity index (χ1v) is 10.3. The Morgan fingerprint density at radius 3 is 2.62 bits per heavy atom. The molecular weight excluding hydrogens is 424 g/mol. The molecule has 0 aliphatic rings. The van der Waals surface area contributed by atoms with Crippen LogP contribution in [0.5, 0.6) is 11.5 Å². The van der Waals surface area contributed by atoms with Crippen molar-refractivity contribution >= 4 is 29.3 Å². The molecule has 0 saturated heterocycles. The fourth-order valence-corrected chi connectivity index (χ4v) is 3.27. The SMILES string of the molecule is COc1ccc(/C=C(\C#N)C(=O)Nc2cccc(C)c2C)c(OCc2cccc(Cl)c2)c1. The van der Waals surface area contributed by atoms with Crippen LogP contribution in [0.2, 0.25) is 5.02 Å². The van der Waals surface area contributed by atoms with E-state index in [1.807, 2.05) is 56.3 Å². The number of nitrogens with one attached hydrogen (secondary N) is 1. The van der Waals surface area contributed by atoms with Crippen LogP contribution in [0.1, 0.15) is 22.3 Å². The number of amides is 1. The van der Waals surface area contributed by atoms with E-state index in [-0.39, 0.29) is 12.2 Å². The molecule has 1 amide bonds. The number of carbonyl (C=O) groups is 1. The molecule has 3 aromatic rings. The summed E-state index contributed by atoms with van der Waals surface area (Å²) in [6.45, 7) is 4.16. The van der Waals surface area contributed by atoms with Crippen molar-refractivity contribution in [3.05, 3.63) is 93.5 Å². The highest BCUT2D eigenvalue weighted by Gasteiger charge is 2.14. The number of halogens is 1. The Labute approximate surface area is 192 Å². The van der Waals surface area contributed by atoms with Gasteiger partial charge in [0.25, 0.3) is 5.91 Å². The van der Waals surface area contributed by atoms with Crippen LogP contribution >= 0.6 is 11.6 Å². The van der Waals surface area contributed by atoms with Gasteiger partial charge in [-0.2, -0.15) is 5.26 Å². The molecule has 0 radical (unpaired) electrons. The van der Waals surface area contributed by atoms with Crippen molar-refractivity contribution in [3.63, 3.8) is 0 Å². The van der Waals surface area contributed by atoms with E-state index in [0.29, 0.717) is 27.8 Å². The number of benzene rings is 3. The van der Waals surface area contributed by atoms with Gasteiger partial charge in [0, 0.05) is 22.3 Å². The van der Waals surface area contributed by atoms with Gasteiger partial charge in [-0.05, 0) is 66.9 Å². The number of hydrogen-bond acceptors (Lipinski definition) is 4. The van der Waals surface area contributed by atoms with Gasteiger partial charge in [-0.3, -0.25) is 4.79 Å². The van der Waals surface area contributed by atoms with Crippen LogP contribution in [0.15, 0.2) is 66.2 Å². The molecule has 0 aliphatic heterocycles. The summed E-state index contributed by atoms with van der Waals surface area (Å²) >= 11 is 6.05. The first-order chi connectivity index (χ1) is 15.4. The van der Waals surface area contributed by atoms with Gasteiger partial charge in [0.1, 0.15) is 29.7 Å². The van der Waals surface area contributed by atoms with Crippen molar-refractivity contribution in [2.45, 2.75) is 20.5 Å². The van der Waals surface area contributed by atoms with E-state index < -0.39 is 5.91 Å². The second-order valence-electron chi connectivity index (χ2n) is 7.19. The molecule has 6 heteroatoms. The fourth-order valence-electron chi connectivity index (χ4n) is 3.05.